The minimum atomic E-state index is -0.951. The molecule has 0 amide bonds. The summed E-state index contributed by atoms with van der Waals surface area (Å²) in [7, 11) is 1.28. The van der Waals surface area contributed by atoms with Gasteiger partial charge in [0.05, 0.1) is 13.0 Å². The van der Waals surface area contributed by atoms with Crippen molar-refractivity contribution in [3.05, 3.63) is 0 Å². The summed E-state index contributed by atoms with van der Waals surface area (Å²) < 4.78 is 4.39. The molecule has 0 aromatic carbocycles. The standard InChI is InChI=1S/C6H7ClO3/c1-10-5(9)4-2-6(4,7)3-8/h3-4H,2H2,1H3/t4-,6+/m0/s1. The van der Waals surface area contributed by atoms with Gasteiger partial charge in [0.15, 0.2) is 0 Å². The molecule has 0 heterocycles. The topological polar surface area (TPSA) is 43.4 Å². The fourth-order valence-electron chi connectivity index (χ4n) is 0.806. The van der Waals surface area contributed by atoms with Crippen LogP contribution in [0.4, 0.5) is 0 Å². The van der Waals surface area contributed by atoms with Gasteiger partial charge >= 0.3 is 5.97 Å². The van der Waals surface area contributed by atoms with Gasteiger partial charge in [0.1, 0.15) is 11.2 Å². The number of esters is 1. The predicted molar refractivity (Wildman–Crippen MR) is 34.8 cm³/mol. The predicted octanol–water partition coefficient (Wildman–Crippen LogP) is 0.356. The van der Waals surface area contributed by atoms with Gasteiger partial charge in [0.2, 0.25) is 0 Å². The van der Waals surface area contributed by atoms with Crippen LogP contribution in [0, 0.1) is 5.92 Å². The third kappa shape index (κ3) is 1.01. The fourth-order valence-corrected chi connectivity index (χ4v) is 1.05. The molecule has 0 saturated heterocycles. The van der Waals surface area contributed by atoms with E-state index >= 15 is 0 Å². The van der Waals surface area contributed by atoms with Crippen molar-refractivity contribution in [2.75, 3.05) is 7.11 Å². The number of rotatable bonds is 2. The van der Waals surface area contributed by atoms with E-state index in [-0.39, 0.29) is 0 Å². The van der Waals surface area contributed by atoms with E-state index in [0.717, 1.165) is 0 Å². The highest BCUT2D eigenvalue weighted by Crippen LogP contribution is 2.48. The average Bonchev–Trinajstić information content (AvgIpc) is 2.62. The third-order valence-electron chi connectivity index (χ3n) is 1.62. The maximum absolute atomic E-state index is 10.7. The smallest absolute Gasteiger partial charge is 0.310 e. The molecule has 0 N–H and O–H groups in total. The van der Waals surface area contributed by atoms with Crippen molar-refractivity contribution in [3.8, 4) is 0 Å². The molecule has 0 unspecified atom stereocenters. The van der Waals surface area contributed by atoms with Crippen LogP contribution >= 0.6 is 11.6 Å². The van der Waals surface area contributed by atoms with Crippen molar-refractivity contribution >= 4 is 23.9 Å². The quantitative estimate of drug-likeness (QED) is 0.335. The van der Waals surface area contributed by atoms with E-state index in [1.54, 1.807) is 0 Å². The van der Waals surface area contributed by atoms with Gasteiger partial charge in [-0.1, -0.05) is 0 Å². The lowest BCUT2D eigenvalue weighted by atomic mass is 10.3. The fraction of sp³-hybridized carbons (Fsp3) is 0.667. The highest BCUT2D eigenvalue weighted by molar-refractivity contribution is 6.36. The number of carbonyl (C=O) groups is 2. The molecule has 0 spiro atoms. The molecule has 1 aliphatic rings. The summed E-state index contributed by atoms with van der Waals surface area (Å²) in [6, 6.07) is 0. The molecule has 1 fully saturated rings. The van der Waals surface area contributed by atoms with Crippen molar-refractivity contribution in [1.82, 2.24) is 0 Å². The number of methoxy groups -OCH3 is 1. The summed E-state index contributed by atoms with van der Waals surface area (Å²) in [5, 5.41) is 0. The highest BCUT2D eigenvalue weighted by atomic mass is 35.5. The molecule has 1 aliphatic carbocycles. The summed E-state index contributed by atoms with van der Waals surface area (Å²) >= 11 is 5.60. The lowest BCUT2D eigenvalue weighted by Gasteiger charge is -1.96. The second kappa shape index (κ2) is 2.23. The molecule has 0 aliphatic heterocycles. The maximum Gasteiger partial charge on any atom is 0.310 e. The molecule has 2 atom stereocenters. The molecule has 3 nitrogen and oxygen atoms in total. The molecule has 0 radical (unpaired) electrons. The first kappa shape index (κ1) is 7.54. The summed E-state index contributed by atoms with van der Waals surface area (Å²) in [6.45, 7) is 0. The first-order valence-electron chi connectivity index (χ1n) is 2.87. The van der Waals surface area contributed by atoms with E-state index in [1.165, 1.54) is 7.11 Å². The first-order valence-corrected chi connectivity index (χ1v) is 3.25. The Morgan fingerprint density at radius 1 is 1.90 bits per heavy atom. The molecular weight excluding hydrogens is 156 g/mol. The molecule has 0 aromatic rings. The normalized spacial score (nSPS) is 36.8. The number of hydrogen-bond acceptors (Lipinski definition) is 3. The van der Waals surface area contributed by atoms with Crippen LogP contribution in [0.25, 0.3) is 0 Å². The van der Waals surface area contributed by atoms with Crippen molar-refractivity contribution in [1.29, 1.82) is 0 Å². The second-order valence-corrected chi connectivity index (χ2v) is 3.03. The van der Waals surface area contributed by atoms with Crippen LogP contribution in [0.2, 0.25) is 0 Å². The number of ether oxygens (including phenoxy) is 1. The van der Waals surface area contributed by atoms with Gasteiger partial charge in [-0.05, 0) is 6.42 Å². The summed E-state index contributed by atoms with van der Waals surface area (Å²) in [5.41, 5.74) is 0. The lowest BCUT2D eigenvalue weighted by Crippen LogP contribution is -2.13. The van der Waals surface area contributed by atoms with E-state index in [4.69, 9.17) is 11.6 Å². The Bertz CT molecular complexity index is 180. The number of alkyl halides is 1. The number of aldehydes is 1. The first-order chi connectivity index (χ1) is 4.64. The lowest BCUT2D eigenvalue weighted by molar-refractivity contribution is -0.142. The van der Waals surface area contributed by atoms with Gasteiger partial charge in [-0.2, -0.15) is 0 Å². The molecule has 0 aromatic heterocycles. The third-order valence-corrected chi connectivity index (χ3v) is 2.12. The van der Waals surface area contributed by atoms with Crippen molar-refractivity contribution in [3.63, 3.8) is 0 Å². The van der Waals surface area contributed by atoms with Gasteiger partial charge < -0.3 is 9.53 Å². The minimum absolute atomic E-state index is 0.401. The average molecular weight is 163 g/mol. The number of hydrogen-bond donors (Lipinski definition) is 0. The van der Waals surface area contributed by atoms with Crippen molar-refractivity contribution in [2.45, 2.75) is 11.3 Å². The van der Waals surface area contributed by atoms with Crippen LogP contribution in [-0.2, 0) is 14.3 Å². The molecular formula is C6H7ClO3. The number of halogens is 1. The molecule has 10 heavy (non-hydrogen) atoms. The Kier molecular flexibility index (Phi) is 1.68. The minimum Gasteiger partial charge on any atom is -0.469 e. The molecule has 1 saturated carbocycles. The van der Waals surface area contributed by atoms with Gasteiger partial charge in [0, 0.05) is 0 Å². The summed E-state index contributed by atoms with van der Waals surface area (Å²) in [5.74, 6) is -0.821. The van der Waals surface area contributed by atoms with Crippen LogP contribution in [0.3, 0.4) is 0 Å². The Balaban J connectivity index is 2.52. The zero-order valence-electron chi connectivity index (χ0n) is 5.46. The zero-order chi connectivity index (χ0) is 7.78. The van der Waals surface area contributed by atoms with Crippen LogP contribution in [0.5, 0.6) is 0 Å². The largest absolute Gasteiger partial charge is 0.469 e. The molecule has 4 heteroatoms. The Hall–Kier alpha value is -0.570. The van der Waals surface area contributed by atoms with E-state index in [0.29, 0.717) is 12.7 Å². The van der Waals surface area contributed by atoms with E-state index < -0.39 is 16.8 Å². The van der Waals surface area contributed by atoms with Crippen LogP contribution < -0.4 is 0 Å². The van der Waals surface area contributed by atoms with Crippen LogP contribution in [0.1, 0.15) is 6.42 Å². The Morgan fingerprint density at radius 2 is 2.50 bits per heavy atom. The van der Waals surface area contributed by atoms with Crippen LogP contribution in [0.15, 0.2) is 0 Å². The molecule has 0 bridgehead atoms. The maximum atomic E-state index is 10.7. The van der Waals surface area contributed by atoms with Gasteiger partial charge in [-0.3, -0.25) is 4.79 Å². The Morgan fingerprint density at radius 3 is 2.80 bits per heavy atom. The number of carbonyl (C=O) groups excluding carboxylic acids is 2. The monoisotopic (exact) mass is 162 g/mol. The highest BCUT2D eigenvalue weighted by Gasteiger charge is 2.58. The van der Waals surface area contributed by atoms with E-state index in [9.17, 15) is 9.59 Å². The Labute approximate surface area is 63.3 Å². The summed E-state index contributed by atoms with van der Waals surface area (Å²) in [6.07, 6.45) is 1.00. The van der Waals surface area contributed by atoms with Crippen molar-refractivity contribution < 1.29 is 14.3 Å². The van der Waals surface area contributed by atoms with Crippen molar-refractivity contribution in [2.24, 2.45) is 5.92 Å². The zero-order valence-corrected chi connectivity index (χ0v) is 6.22. The van der Waals surface area contributed by atoms with E-state index in [1.807, 2.05) is 0 Å². The van der Waals surface area contributed by atoms with Gasteiger partial charge in [-0.15, -0.1) is 11.6 Å². The molecule has 1 rings (SSSR count). The molecule has 56 valence electrons. The van der Waals surface area contributed by atoms with E-state index in [2.05, 4.69) is 4.74 Å². The van der Waals surface area contributed by atoms with Gasteiger partial charge in [-0.25, -0.2) is 0 Å². The van der Waals surface area contributed by atoms with Crippen LogP contribution in [-0.4, -0.2) is 24.2 Å². The van der Waals surface area contributed by atoms with Gasteiger partial charge in [0.25, 0.3) is 0 Å². The SMILES string of the molecule is COC(=O)[C@@H]1C[C@@]1(Cl)C=O. The summed E-state index contributed by atoms with van der Waals surface area (Å²) in [4.78, 5) is 19.9. The second-order valence-electron chi connectivity index (χ2n) is 2.32.